The number of aromatic nitrogens is 1. The third-order valence-corrected chi connectivity index (χ3v) is 3.76. The van der Waals surface area contributed by atoms with Crippen LogP contribution in [0.1, 0.15) is 39.0 Å². The molecule has 0 aliphatic carbocycles. The van der Waals surface area contributed by atoms with Gasteiger partial charge >= 0.3 is 0 Å². The van der Waals surface area contributed by atoms with Crippen molar-refractivity contribution in [3.8, 4) is 0 Å². The fourth-order valence-electron chi connectivity index (χ4n) is 2.55. The summed E-state index contributed by atoms with van der Waals surface area (Å²) >= 11 is 6.05. The molecule has 2 heterocycles. The predicted octanol–water partition coefficient (Wildman–Crippen LogP) is 3.46. The number of halogens is 1. The molecule has 2 rings (SSSR count). The number of pyridine rings is 1. The number of hydrogen-bond acceptors (Lipinski definition) is 3. The van der Waals surface area contributed by atoms with E-state index in [0.29, 0.717) is 17.2 Å². The molecule has 0 spiro atoms. The molecule has 0 amide bonds. The minimum atomic E-state index is 0.405. The summed E-state index contributed by atoms with van der Waals surface area (Å²) in [6.45, 7) is 3.36. The molecule has 2 atom stereocenters. The van der Waals surface area contributed by atoms with E-state index in [-0.39, 0.29) is 0 Å². The van der Waals surface area contributed by atoms with Crippen LogP contribution in [0.4, 0.5) is 5.69 Å². The zero-order valence-electron chi connectivity index (χ0n) is 11.0. The Morgan fingerprint density at radius 2 is 2.39 bits per heavy atom. The standard InChI is InChI=1S/C14H22ClN3/c1-11(10-12-6-3-2-4-8-16-12)18-13-7-5-9-17-14(13)15/h5,7,9,11-12,16,18H,2-4,6,8,10H2,1H3. The van der Waals surface area contributed by atoms with E-state index in [1.165, 1.54) is 25.7 Å². The SMILES string of the molecule is CC(CC1CCCCCN1)Nc1cccnc1Cl. The highest BCUT2D eigenvalue weighted by Gasteiger charge is 2.15. The van der Waals surface area contributed by atoms with Crippen LogP contribution in [0.5, 0.6) is 0 Å². The number of rotatable bonds is 4. The van der Waals surface area contributed by atoms with Gasteiger partial charge in [-0.15, -0.1) is 0 Å². The molecule has 3 nitrogen and oxygen atoms in total. The first kappa shape index (κ1) is 13.6. The summed E-state index contributed by atoms with van der Waals surface area (Å²) in [5, 5.41) is 7.62. The molecule has 0 bridgehead atoms. The van der Waals surface area contributed by atoms with Crippen LogP contribution in [0.25, 0.3) is 0 Å². The Morgan fingerprint density at radius 3 is 3.22 bits per heavy atom. The van der Waals surface area contributed by atoms with Gasteiger partial charge in [-0.1, -0.05) is 24.4 Å². The van der Waals surface area contributed by atoms with E-state index in [1.807, 2.05) is 12.1 Å². The van der Waals surface area contributed by atoms with Gasteiger partial charge in [-0.3, -0.25) is 0 Å². The first-order chi connectivity index (χ1) is 8.75. The van der Waals surface area contributed by atoms with Crippen molar-refractivity contribution in [2.45, 2.75) is 51.1 Å². The Labute approximate surface area is 114 Å². The second-order valence-electron chi connectivity index (χ2n) is 5.12. The smallest absolute Gasteiger partial charge is 0.152 e. The average Bonchev–Trinajstić information content (AvgIpc) is 2.61. The van der Waals surface area contributed by atoms with Gasteiger partial charge in [0.25, 0.3) is 0 Å². The van der Waals surface area contributed by atoms with Crippen LogP contribution in [0.3, 0.4) is 0 Å². The third kappa shape index (κ3) is 4.14. The Morgan fingerprint density at radius 1 is 1.50 bits per heavy atom. The normalized spacial score (nSPS) is 22.2. The van der Waals surface area contributed by atoms with Crippen LogP contribution in [0.15, 0.2) is 18.3 Å². The highest BCUT2D eigenvalue weighted by molar-refractivity contribution is 6.31. The number of anilines is 1. The highest BCUT2D eigenvalue weighted by atomic mass is 35.5. The molecule has 4 heteroatoms. The second-order valence-corrected chi connectivity index (χ2v) is 5.48. The van der Waals surface area contributed by atoms with Crippen molar-refractivity contribution in [3.63, 3.8) is 0 Å². The number of hydrogen-bond donors (Lipinski definition) is 2. The molecule has 0 aromatic carbocycles. The molecule has 1 aliphatic heterocycles. The zero-order valence-corrected chi connectivity index (χ0v) is 11.7. The summed E-state index contributed by atoms with van der Waals surface area (Å²) < 4.78 is 0. The topological polar surface area (TPSA) is 37.0 Å². The van der Waals surface area contributed by atoms with Crippen molar-refractivity contribution in [2.24, 2.45) is 0 Å². The summed E-state index contributed by atoms with van der Waals surface area (Å²) in [7, 11) is 0. The highest BCUT2D eigenvalue weighted by Crippen LogP contribution is 2.20. The van der Waals surface area contributed by atoms with Crippen molar-refractivity contribution in [3.05, 3.63) is 23.5 Å². The van der Waals surface area contributed by atoms with Crippen molar-refractivity contribution < 1.29 is 0 Å². The van der Waals surface area contributed by atoms with Crippen LogP contribution in [0, 0.1) is 0 Å². The van der Waals surface area contributed by atoms with Crippen LogP contribution in [0.2, 0.25) is 5.15 Å². The van der Waals surface area contributed by atoms with E-state index in [0.717, 1.165) is 18.7 Å². The third-order valence-electron chi connectivity index (χ3n) is 3.46. The van der Waals surface area contributed by atoms with E-state index in [4.69, 9.17) is 11.6 Å². The van der Waals surface area contributed by atoms with Crippen molar-refractivity contribution in [1.29, 1.82) is 0 Å². The number of nitrogens with zero attached hydrogens (tertiary/aromatic N) is 1. The average molecular weight is 268 g/mol. The van der Waals surface area contributed by atoms with Gasteiger partial charge in [-0.25, -0.2) is 4.98 Å². The van der Waals surface area contributed by atoms with Gasteiger partial charge in [0.15, 0.2) is 5.15 Å². The monoisotopic (exact) mass is 267 g/mol. The fraction of sp³-hybridized carbons (Fsp3) is 0.643. The van der Waals surface area contributed by atoms with Gasteiger partial charge in [0, 0.05) is 18.3 Å². The van der Waals surface area contributed by atoms with Gasteiger partial charge in [-0.2, -0.15) is 0 Å². The van der Waals surface area contributed by atoms with Gasteiger partial charge in [0.05, 0.1) is 5.69 Å². The van der Waals surface area contributed by atoms with E-state index >= 15 is 0 Å². The summed E-state index contributed by atoms with van der Waals surface area (Å²) in [5.41, 5.74) is 0.931. The summed E-state index contributed by atoms with van der Waals surface area (Å²) in [5.74, 6) is 0. The second kappa shape index (κ2) is 6.95. The molecule has 1 aromatic heterocycles. The lowest BCUT2D eigenvalue weighted by Gasteiger charge is -2.22. The largest absolute Gasteiger partial charge is 0.380 e. The first-order valence-corrected chi connectivity index (χ1v) is 7.24. The summed E-state index contributed by atoms with van der Waals surface area (Å²) in [4.78, 5) is 4.08. The van der Waals surface area contributed by atoms with E-state index in [9.17, 15) is 0 Å². The van der Waals surface area contributed by atoms with E-state index in [2.05, 4.69) is 22.5 Å². The van der Waals surface area contributed by atoms with Crippen molar-refractivity contribution in [2.75, 3.05) is 11.9 Å². The van der Waals surface area contributed by atoms with E-state index in [1.54, 1.807) is 6.20 Å². The molecule has 2 N–H and O–H groups in total. The van der Waals surface area contributed by atoms with Crippen LogP contribution in [-0.4, -0.2) is 23.6 Å². The summed E-state index contributed by atoms with van der Waals surface area (Å²) in [6, 6.07) is 4.92. The maximum atomic E-state index is 6.05. The van der Waals surface area contributed by atoms with Gasteiger partial charge in [-0.05, 0) is 44.9 Å². The molecular weight excluding hydrogens is 246 g/mol. The Bertz CT molecular complexity index is 362. The molecule has 1 aromatic rings. The van der Waals surface area contributed by atoms with Crippen molar-refractivity contribution >= 4 is 17.3 Å². The van der Waals surface area contributed by atoms with Gasteiger partial charge < -0.3 is 10.6 Å². The van der Waals surface area contributed by atoms with Crippen LogP contribution >= 0.6 is 11.6 Å². The molecule has 0 radical (unpaired) electrons. The Balaban J connectivity index is 1.84. The lowest BCUT2D eigenvalue weighted by Crippen LogP contribution is -2.33. The Kier molecular flexibility index (Phi) is 5.26. The maximum absolute atomic E-state index is 6.05. The molecule has 2 unspecified atom stereocenters. The van der Waals surface area contributed by atoms with Crippen LogP contribution in [-0.2, 0) is 0 Å². The molecule has 1 saturated heterocycles. The zero-order chi connectivity index (χ0) is 12.8. The lowest BCUT2D eigenvalue weighted by atomic mass is 10.0. The molecule has 1 fully saturated rings. The molecular formula is C14H22ClN3. The predicted molar refractivity (Wildman–Crippen MR) is 77.2 cm³/mol. The molecule has 1 aliphatic rings. The molecule has 18 heavy (non-hydrogen) atoms. The molecule has 100 valence electrons. The fourth-order valence-corrected chi connectivity index (χ4v) is 2.72. The number of nitrogens with one attached hydrogen (secondary N) is 2. The van der Waals surface area contributed by atoms with Gasteiger partial charge in [0.1, 0.15) is 0 Å². The lowest BCUT2D eigenvalue weighted by molar-refractivity contribution is 0.456. The minimum absolute atomic E-state index is 0.405. The van der Waals surface area contributed by atoms with Crippen LogP contribution < -0.4 is 10.6 Å². The quantitative estimate of drug-likeness (QED) is 0.821. The van der Waals surface area contributed by atoms with E-state index < -0.39 is 0 Å². The Hall–Kier alpha value is -0.800. The molecule has 0 saturated carbocycles. The minimum Gasteiger partial charge on any atom is -0.380 e. The van der Waals surface area contributed by atoms with Crippen molar-refractivity contribution in [1.82, 2.24) is 10.3 Å². The first-order valence-electron chi connectivity index (χ1n) is 6.86. The summed E-state index contributed by atoms with van der Waals surface area (Å²) in [6.07, 6.45) is 8.15. The van der Waals surface area contributed by atoms with Gasteiger partial charge in [0.2, 0.25) is 0 Å². The maximum Gasteiger partial charge on any atom is 0.152 e.